The Hall–Kier alpha value is -2.79. The SMILES string of the molecule is O=[N+]([O-])c1ccc(Cl)c(C2Nc3ccccc3-n3cccc32)c1. The fraction of sp³-hybridized carbons (Fsp3) is 0.0588. The molecule has 114 valence electrons. The van der Waals surface area contributed by atoms with E-state index in [1.165, 1.54) is 12.1 Å². The minimum atomic E-state index is -0.407. The fourth-order valence-electron chi connectivity index (χ4n) is 2.99. The molecule has 1 aliphatic heterocycles. The van der Waals surface area contributed by atoms with Crippen molar-refractivity contribution in [2.45, 2.75) is 6.04 Å². The van der Waals surface area contributed by atoms with E-state index in [0.29, 0.717) is 10.6 Å². The van der Waals surface area contributed by atoms with Crippen molar-refractivity contribution in [1.29, 1.82) is 0 Å². The lowest BCUT2D eigenvalue weighted by atomic mass is 10.00. The number of halogens is 1. The van der Waals surface area contributed by atoms with Crippen molar-refractivity contribution in [3.63, 3.8) is 0 Å². The zero-order valence-corrected chi connectivity index (χ0v) is 12.7. The zero-order chi connectivity index (χ0) is 16.0. The lowest BCUT2D eigenvalue weighted by molar-refractivity contribution is -0.384. The fourth-order valence-corrected chi connectivity index (χ4v) is 3.21. The number of benzene rings is 2. The van der Waals surface area contributed by atoms with Crippen LogP contribution in [-0.4, -0.2) is 9.49 Å². The van der Waals surface area contributed by atoms with Crippen LogP contribution in [0.25, 0.3) is 5.69 Å². The molecule has 4 rings (SSSR count). The molecule has 1 aliphatic rings. The molecule has 0 spiro atoms. The molecule has 23 heavy (non-hydrogen) atoms. The van der Waals surface area contributed by atoms with Crippen LogP contribution in [0.5, 0.6) is 0 Å². The second kappa shape index (κ2) is 5.14. The van der Waals surface area contributed by atoms with Gasteiger partial charge in [-0.2, -0.15) is 0 Å². The molecular formula is C17H12ClN3O2. The molecule has 5 nitrogen and oxygen atoms in total. The van der Waals surface area contributed by atoms with E-state index in [-0.39, 0.29) is 11.7 Å². The van der Waals surface area contributed by atoms with Crippen molar-refractivity contribution in [2.75, 3.05) is 5.32 Å². The highest BCUT2D eigenvalue weighted by molar-refractivity contribution is 6.31. The van der Waals surface area contributed by atoms with Gasteiger partial charge in [0, 0.05) is 34.6 Å². The van der Waals surface area contributed by atoms with Gasteiger partial charge in [0.05, 0.1) is 22.3 Å². The lowest BCUT2D eigenvalue weighted by Crippen LogP contribution is -2.22. The third kappa shape index (κ3) is 2.17. The van der Waals surface area contributed by atoms with Gasteiger partial charge in [0.1, 0.15) is 0 Å². The van der Waals surface area contributed by atoms with E-state index >= 15 is 0 Å². The molecule has 0 amide bonds. The summed E-state index contributed by atoms with van der Waals surface area (Å²) in [6, 6.07) is 16.2. The molecule has 1 aromatic heterocycles. The average Bonchev–Trinajstić information content (AvgIpc) is 3.04. The number of nitro benzene ring substituents is 1. The highest BCUT2D eigenvalue weighted by Gasteiger charge is 2.27. The van der Waals surface area contributed by atoms with Crippen molar-refractivity contribution >= 4 is 23.0 Å². The van der Waals surface area contributed by atoms with Crippen LogP contribution in [0, 0.1) is 10.1 Å². The molecule has 3 aromatic rings. The summed E-state index contributed by atoms with van der Waals surface area (Å²) in [7, 11) is 0. The summed E-state index contributed by atoms with van der Waals surface area (Å²) in [6.07, 6.45) is 1.98. The van der Waals surface area contributed by atoms with Gasteiger partial charge in [0.25, 0.3) is 5.69 Å². The van der Waals surface area contributed by atoms with Gasteiger partial charge >= 0.3 is 0 Å². The predicted molar refractivity (Wildman–Crippen MR) is 89.3 cm³/mol. The molecule has 0 saturated carbocycles. The largest absolute Gasteiger partial charge is 0.371 e. The summed E-state index contributed by atoms with van der Waals surface area (Å²) in [5, 5.41) is 15.0. The Labute approximate surface area is 137 Å². The van der Waals surface area contributed by atoms with Crippen LogP contribution < -0.4 is 5.32 Å². The summed E-state index contributed by atoms with van der Waals surface area (Å²) >= 11 is 6.32. The summed E-state index contributed by atoms with van der Waals surface area (Å²) < 4.78 is 2.08. The van der Waals surface area contributed by atoms with E-state index in [1.807, 2.05) is 42.6 Å². The number of nitrogens with one attached hydrogen (secondary N) is 1. The standard InChI is InChI=1S/C17H12ClN3O2/c18-13-8-7-11(21(22)23)10-12(13)17-16-6-3-9-20(16)15-5-2-1-4-14(15)19-17/h1-10,17,19H. The second-order valence-corrected chi connectivity index (χ2v) is 5.77. The Bertz CT molecular complexity index is 920. The van der Waals surface area contributed by atoms with Crippen LogP contribution >= 0.6 is 11.6 Å². The number of hydrogen-bond acceptors (Lipinski definition) is 3. The van der Waals surface area contributed by atoms with Gasteiger partial charge in [-0.25, -0.2) is 0 Å². The normalized spacial score (nSPS) is 15.4. The third-order valence-electron chi connectivity index (χ3n) is 4.04. The van der Waals surface area contributed by atoms with E-state index in [4.69, 9.17) is 11.6 Å². The van der Waals surface area contributed by atoms with Crippen LogP contribution in [0.4, 0.5) is 11.4 Å². The van der Waals surface area contributed by atoms with Crippen LogP contribution in [0.2, 0.25) is 5.02 Å². The van der Waals surface area contributed by atoms with Crippen molar-refractivity contribution in [2.24, 2.45) is 0 Å². The number of nitrogens with zero attached hydrogens (tertiary/aromatic N) is 2. The number of hydrogen-bond donors (Lipinski definition) is 1. The van der Waals surface area contributed by atoms with Gasteiger partial charge in [-0.1, -0.05) is 23.7 Å². The third-order valence-corrected chi connectivity index (χ3v) is 4.39. The van der Waals surface area contributed by atoms with Crippen LogP contribution in [0.15, 0.2) is 60.8 Å². The molecular weight excluding hydrogens is 314 g/mol. The maximum absolute atomic E-state index is 11.1. The Balaban J connectivity index is 1.89. The molecule has 1 unspecified atom stereocenters. The number of nitro groups is 1. The van der Waals surface area contributed by atoms with Crippen molar-refractivity contribution in [3.8, 4) is 5.69 Å². The first-order chi connectivity index (χ1) is 11.1. The second-order valence-electron chi connectivity index (χ2n) is 5.36. The Morgan fingerprint density at radius 3 is 2.78 bits per heavy atom. The van der Waals surface area contributed by atoms with Gasteiger partial charge in [0.2, 0.25) is 0 Å². The molecule has 1 N–H and O–H groups in total. The lowest BCUT2D eigenvalue weighted by Gasteiger charge is -2.30. The van der Waals surface area contributed by atoms with Crippen molar-refractivity contribution < 1.29 is 4.92 Å². The first-order valence-electron chi connectivity index (χ1n) is 7.12. The van der Waals surface area contributed by atoms with Gasteiger partial charge in [-0.05, 0) is 30.3 Å². The molecule has 2 aromatic carbocycles. The molecule has 0 aliphatic carbocycles. The first kappa shape index (κ1) is 13.8. The Kier molecular flexibility index (Phi) is 3.09. The summed E-state index contributed by atoms with van der Waals surface area (Å²) in [5.74, 6) is 0. The molecule has 0 saturated heterocycles. The van der Waals surface area contributed by atoms with E-state index in [2.05, 4.69) is 9.88 Å². The molecule has 2 heterocycles. The average molecular weight is 326 g/mol. The summed E-state index contributed by atoms with van der Waals surface area (Å²) in [6.45, 7) is 0. The smallest absolute Gasteiger partial charge is 0.269 e. The van der Waals surface area contributed by atoms with Gasteiger partial charge in [-0.15, -0.1) is 0 Å². The van der Waals surface area contributed by atoms with Gasteiger partial charge in [0.15, 0.2) is 0 Å². The minimum absolute atomic E-state index is 0.0307. The van der Waals surface area contributed by atoms with Crippen LogP contribution in [-0.2, 0) is 0 Å². The van der Waals surface area contributed by atoms with Gasteiger partial charge in [-0.3, -0.25) is 10.1 Å². The monoisotopic (exact) mass is 325 g/mol. The van der Waals surface area contributed by atoms with E-state index in [9.17, 15) is 10.1 Å². The minimum Gasteiger partial charge on any atom is -0.371 e. The molecule has 0 fully saturated rings. The highest BCUT2D eigenvalue weighted by atomic mass is 35.5. The molecule has 1 atom stereocenters. The van der Waals surface area contributed by atoms with Crippen molar-refractivity contribution in [3.05, 3.63) is 87.2 Å². The number of para-hydroxylation sites is 2. The molecule has 0 radical (unpaired) electrons. The zero-order valence-electron chi connectivity index (χ0n) is 11.9. The first-order valence-corrected chi connectivity index (χ1v) is 7.50. The topological polar surface area (TPSA) is 60.1 Å². The predicted octanol–water partition coefficient (Wildman–Crippen LogP) is 4.55. The van der Waals surface area contributed by atoms with E-state index < -0.39 is 4.92 Å². The number of non-ortho nitro benzene ring substituents is 1. The number of rotatable bonds is 2. The number of fused-ring (bicyclic) bond motifs is 3. The maximum Gasteiger partial charge on any atom is 0.269 e. The van der Waals surface area contributed by atoms with Crippen LogP contribution in [0.3, 0.4) is 0 Å². The van der Waals surface area contributed by atoms with Crippen molar-refractivity contribution in [1.82, 2.24) is 4.57 Å². The summed E-state index contributed by atoms with van der Waals surface area (Å²) in [4.78, 5) is 10.7. The summed E-state index contributed by atoms with van der Waals surface area (Å²) in [5.41, 5.74) is 3.72. The Morgan fingerprint density at radius 1 is 1.13 bits per heavy atom. The quantitative estimate of drug-likeness (QED) is 0.555. The van der Waals surface area contributed by atoms with E-state index in [1.54, 1.807) is 6.07 Å². The van der Waals surface area contributed by atoms with Gasteiger partial charge < -0.3 is 9.88 Å². The molecule has 6 heteroatoms. The van der Waals surface area contributed by atoms with E-state index in [0.717, 1.165) is 17.1 Å². The number of anilines is 1. The number of aromatic nitrogens is 1. The molecule has 0 bridgehead atoms. The maximum atomic E-state index is 11.1. The highest BCUT2D eigenvalue weighted by Crippen LogP contribution is 2.39. The Morgan fingerprint density at radius 2 is 1.96 bits per heavy atom. The van der Waals surface area contributed by atoms with Crippen LogP contribution in [0.1, 0.15) is 17.3 Å².